The number of hydrogen-bond donors (Lipinski definition) is 2. The molecule has 19 heavy (non-hydrogen) atoms. The number of aliphatic hydroxyl groups is 1. The van der Waals surface area contributed by atoms with Gasteiger partial charge in [0.1, 0.15) is 0 Å². The average Bonchev–Trinajstić information content (AvgIpc) is 2.61. The minimum absolute atomic E-state index is 0.0310. The van der Waals surface area contributed by atoms with Crippen molar-refractivity contribution in [2.24, 2.45) is 17.6 Å². The summed E-state index contributed by atoms with van der Waals surface area (Å²) in [4.78, 5) is 14.7. The standard InChI is InChI=1S/C15H28N2O2/c1-11-7-12(9-13(16)8-11)15(19)17-6-4-2-3-5-14(17)10-18/h11-14,18H,2-10,16H2,1H3. The molecule has 0 radical (unpaired) electrons. The molecule has 110 valence electrons. The molecule has 0 aromatic carbocycles. The fourth-order valence-electron chi connectivity index (χ4n) is 3.75. The third kappa shape index (κ3) is 3.69. The third-order valence-electron chi connectivity index (χ3n) is 4.70. The molecule has 0 bridgehead atoms. The topological polar surface area (TPSA) is 66.6 Å². The van der Waals surface area contributed by atoms with Crippen LogP contribution in [0.2, 0.25) is 0 Å². The van der Waals surface area contributed by atoms with E-state index in [9.17, 15) is 9.90 Å². The van der Waals surface area contributed by atoms with Crippen LogP contribution in [0.1, 0.15) is 51.9 Å². The number of aliphatic hydroxyl groups excluding tert-OH is 1. The maximum Gasteiger partial charge on any atom is 0.226 e. The zero-order chi connectivity index (χ0) is 13.8. The first kappa shape index (κ1) is 14.8. The summed E-state index contributed by atoms with van der Waals surface area (Å²) >= 11 is 0. The molecule has 1 aliphatic carbocycles. The van der Waals surface area contributed by atoms with Gasteiger partial charge in [0.15, 0.2) is 0 Å². The minimum Gasteiger partial charge on any atom is -0.394 e. The first-order valence-corrected chi connectivity index (χ1v) is 7.78. The predicted octanol–water partition coefficient (Wildman–Crippen LogP) is 1.51. The van der Waals surface area contributed by atoms with Crippen molar-refractivity contribution in [2.75, 3.05) is 13.2 Å². The number of nitrogens with zero attached hydrogens (tertiary/aromatic N) is 1. The Bertz CT molecular complexity index is 299. The van der Waals surface area contributed by atoms with Crippen LogP contribution in [-0.4, -0.2) is 41.1 Å². The third-order valence-corrected chi connectivity index (χ3v) is 4.70. The van der Waals surface area contributed by atoms with Crippen LogP contribution in [0.15, 0.2) is 0 Å². The number of amides is 1. The smallest absolute Gasteiger partial charge is 0.226 e. The summed E-state index contributed by atoms with van der Waals surface area (Å²) in [6.45, 7) is 3.09. The monoisotopic (exact) mass is 268 g/mol. The van der Waals surface area contributed by atoms with Crippen molar-refractivity contribution < 1.29 is 9.90 Å². The van der Waals surface area contributed by atoms with Gasteiger partial charge in [0.05, 0.1) is 12.6 Å². The van der Waals surface area contributed by atoms with Gasteiger partial charge in [0, 0.05) is 18.5 Å². The highest BCUT2D eigenvalue weighted by atomic mass is 16.3. The molecule has 1 amide bonds. The van der Waals surface area contributed by atoms with Crippen LogP contribution >= 0.6 is 0 Å². The summed E-state index contributed by atoms with van der Waals surface area (Å²) in [5.41, 5.74) is 6.06. The summed E-state index contributed by atoms with van der Waals surface area (Å²) in [6.07, 6.45) is 7.11. The van der Waals surface area contributed by atoms with E-state index in [2.05, 4.69) is 6.92 Å². The minimum atomic E-state index is 0.0310. The quantitative estimate of drug-likeness (QED) is 0.798. The van der Waals surface area contributed by atoms with Crippen molar-refractivity contribution in [1.82, 2.24) is 4.90 Å². The van der Waals surface area contributed by atoms with Crippen LogP contribution < -0.4 is 5.73 Å². The van der Waals surface area contributed by atoms with Crippen LogP contribution in [0.3, 0.4) is 0 Å². The van der Waals surface area contributed by atoms with Gasteiger partial charge in [-0.25, -0.2) is 0 Å². The van der Waals surface area contributed by atoms with Gasteiger partial charge in [0.2, 0.25) is 5.91 Å². The first-order valence-electron chi connectivity index (χ1n) is 7.78. The molecular weight excluding hydrogens is 240 g/mol. The second kappa shape index (κ2) is 6.71. The van der Waals surface area contributed by atoms with Crippen LogP contribution in [0.4, 0.5) is 0 Å². The summed E-state index contributed by atoms with van der Waals surface area (Å²) < 4.78 is 0. The van der Waals surface area contributed by atoms with E-state index < -0.39 is 0 Å². The fourth-order valence-corrected chi connectivity index (χ4v) is 3.75. The Morgan fingerprint density at radius 3 is 2.74 bits per heavy atom. The second-order valence-electron chi connectivity index (χ2n) is 6.49. The van der Waals surface area contributed by atoms with E-state index in [1.165, 1.54) is 6.42 Å². The van der Waals surface area contributed by atoms with E-state index in [0.717, 1.165) is 45.1 Å². The van der Waals surface area contributed by atoms with E-state index in [1.54, 1.807) is 0 Å². The molecule has 4 heteroatoms. The van der Waals surface area contributed by atoms with E-state index >= 15 is 0 Å². The number of nitrogens with two attached hydrogens (primary N) is 1. The Hall–Kier alpha value is -0.610. The van der Waals surface area contributed by atoms with Gasteiger partial charge >= 0.3 is 0 Å². The Kier molecular flexibility index (Phi) is 5.22. The van der Waals surface area contributed by atoms with Crippen molar-refractivity contribution in [3.8, 4) is 0 Å². The molecule has 2 fully saturated rings. The van der Waals surface area contributed by atoms with Crippen LogP contribution in [-0.2, 0) is 4.79 Å². The van der Waals surface area contributed by atoms with Crippen LogP contribution in [0.25, 0.3) is 0 Å². The highest BCUT2D eigenvalue weighted by molar-refractivity contribution is 5.79. The summed E-state index contributed by atoms with van der Waals surface area (Å²) in [6, 6.07) is 0.195. The van der Waals surface area contributed by atoms with E-state index in [-0.39, 0.29) is 30.5 Å². The summed E-state index contributed by atoms with van der Waals surface area (Å²) in [5, 5.41) is 9.52. The van der Waals surface area contributed by atoms with Crippen LogP contribution in [0.5, 0.6) is 0 Å². The maximum absolute atomic E-state index is 12.7. The Morgan fingerprint density at radius 1 is 1.26 bits per heavy atom. The number of carbonyl (C=O) groups is 1. The number of rotatable bonds is 2. The molecule has 1 saturated carbocycles. The zero-order valence-corrected chi connectivity index (χ0v) is 12.1. The van der Waals surface area contributed by atoms with Crippen molar-refractivity contribution >= 4 is 5.91 Å². The lowest BCUT2D eigenvalue weighted by Crippen LogP contribution is -2.47. The molecular formula is C15H28N2O2. The number of hydrogen-bond acceptors (Lipinski definition) is 3. The predicted molar refractivity (Wildman–Crippen MR) is 75.5 cm³/mol. The van der Waals surface area contributed by atoms with Gasteiger partial charge in [-0.3, -0.25) is 4.79 Å². The zero-order valence-electron chi connectivity index (χ0n) is 12.1. The summed E-state index contributed by atoms with van der Waals surface area (Å²) in [5.74, 6) is 0.853. The van der Waals surface area contributed by atoms with Crippen LogP contribution in [0, 0.1) is 11.8 Å². The Labute approximate surface area is 116 Å². The van der Waals surface area contributed by atoms with Gasteiger partial charge in [-0.15, -0.1) is 0 Å². The molecule has 4 nitrogen and oxygen atoms in total. The molecule has 1 aliphatic heterocycles. The Balaban J connectivity index is 2.03. The molecule has 0 aromatic heterocycles. The number of likely N-dealkylation sites (tertiary alicyclic amines) is 1. The normalized spacial score (nSPS) is 36.9. The van der Waals surface area contributed by atoms with Crippen molar-refractivity contribution in [3.05, 3.63) is 0 Å². The second-order valence-corrected chi connectivity index (χ2v) is 6.49. The molecule has 1 heterocycles. The van der Waals surface area contributed by atoms with Gasteiger partial charge in [-0.05, 0) is 38.0 Å². The maximum atomic E-state index is 12.7. The lowest BCUT2D eigenvalue weighted by atomic mass is 9.79. The Morgan fingerprint density at radius 2 is 2.05 bits per heavy atom. The van der Waals surface area contributed by atoms with E-state index in [1.807, 2.05) is 4.90 Å². The molecule has 4 unspecified atom stereocenters. The van der Waals surface area contributed by atoms with Crippen molar-refractivity contribution in [3.63, 3.8) is 0 Å². The molecule has 1 saturated heterocycles. The van der Waals surface area contributed by atoms with Crippen molar-refractivity contribution in [2.45, 2.75) is 64.0 Å². The van der Waals surface area contributed by atoms with Gasteiger partial charge < -0.3 is 15.7 Å². The highest BCUT2D eigenvalue weighted by Crippen LogP contribution is 2.31. The first-order chi connectivity index (χ1) is 9.11. The van der Waals surface area contributed by atoms with Gasteiger partial charge in [-0.1, -0.05) is 19.8 Å². The van der Waals surface area contributed by atoms with E-state index in [0.29, 0.717) is 5.92 Å². The summed E-state index contributed by atoms with van der Waals surface area (Å²) in [7, 11) is 0. The van der Waals surface area contributed by atoms with Crippen molar-refractivity contribution in [1.29, 1.82) is 0 Å². The fraction of sp³-hybridized carbons (Fsp3) is 0.933. The molecule has 2 rings (SSSR count). The lowest BCUT2D eigenvalue weighted by Gasteiger charge is -2.36. The molecule has 2 aliphatic rings. The van der Waals surface area contributed by atoms with Gasteiger partial charge in [-0.2, -0.15) is 0 Å². The molecule has 0 spiro atoms. The number of carbonyl (C=O) groups excluding carboxylic acids is 1. The van der Waals surface area contributed by atoms with E-state index in [4.69, 9.17) is 5.73 Å². The molecule has 4 atom stereocenters. The highest BCUT2D eigenvalue weighted by Gasteiger charge is 2.34. The largest absolute Gasteiger partial charge is 0.394 e. The SMILES string of the molecule is CC1CC(N)CC(C(=O)N2CCCCCC2CO)C1. The van der Waals surface area contributed by atoms with Gasteiger partial charge in [0.25, 0.3) is 0 Å². The molecule has 0 aromatic rings. The average molecular weight is 268 g/mol. The lowest BCUT2D eigenvalue weighted by molar-refractivity contribution is -0.140. The molecule has 3 N–H and O–H groups in total.